The molecule has 0 spiro atoms. The Morgan fingerprint density at radius 2 is 2.43 bits per heavy atom. The molecule has 0 bridgehead atoms. The van der Waals surface area contributed by atoms with Crippen molar-refractivity contribution in [2.24, 2.45) is 7.05 Å². The van der Waals surface area contributed by atoms with Gasteiger partial charge in [0.15, 0.2) is 0 Å². The van der Waals surface area contributed by atoms with Crippen LogP contribution in [0.3, 0.4) is 0 Å². The van der Waals surface area contributed by atoms with Crippen LogP contribution in [0.1, 0.15) is 5.69 Å². The van der Waals surface area contributed by atoms with Gasteiger partial charge in [-0.1, -0.05) is 0 Å². The molecule has 0 atom stereocenters. The van der Waals surface area contributed by atoms with E-state index in [9.17, 15) is 0 Å². The Morgan fingerprint density at radius 3 is 3.00 bits per heavy atom. The summed E-state index contributed by atoms with van der Waals surface area (Å²) in [5.74, 6) is 0.901. The largest absolute Gasteiger partial charge is 0.365 e. The molecule has 0 aromatic carbocycles. The molecule has 0 aliphatic rings. The fourth-order valence-electron chi connectivity index (χ4n) is 1.17. The Bertz CT molecular complexity index is 386. The number of nitrogens with one attached hydrogen (secondary N) is 2. The van der Waals surface area contributed by atoms with Crippen LogP contribution in [-0.2, 0) is 13.6 Å². The Hall–Kier alpha value is -1.30. The van der Waals surface area contributed by atoms with Crippen molar-refractivity contribution < 1.29 is 0 Å². The molecular formula is C8H10BrN5. The minimum atomic E-state index is 0.708. The highest BCUT2D eigenvalue weighted by atomic mass is 79.9. The van der Waals surface area contributed by atoms with Gasteiger partial charge < -0.3 is 10.3 Å². The normalized spacial score (nSPS) is 10.4. The van der Waals surface area contributed by atoms with Gasteiger partial charge in [0, 0.05) is 7.05 Å². The van der Waals surface area contributed by atoms with Crippen LogP contribution in [0.25, 0.3) is 0 Å². The van der Waals surface area contributed by atoms with E-state index in [0.717, 1.165) is 16.0 Å². The number of halogens is 1. The van der Waals surface area contributed by atoms with Crippen LogP contribution in [0.2, 0.25) is 0 Å². The Kier molecular flexibility index (Phi) is 2.53. The Morgan fingerprint density at radius 1 is 1.57 bits per heavy atom. The number of aryl methyl sites for hydroxylation is 1. The molecule has 6 heteroatoms. The zero-order valence-corrected chi connectivity index (χ0v) is 9.24. The third kappa shape index (κ3) is 1.79. The van der Waals surface area contributed by atoms with E-state index in [1.807, 2.05) is 11.7 Å². The van der Waals surface area contributed by atoms with Crippen LogP contribution in [0, 0.1) is 0 Å². The number of aromatic nitrogens is 4. The molecular weight excluding hydrogens is 246 g/mol. The second-order valence-corrected chi connectivity index (χ2v) is 3.74. The molecule has 2 aromatic rings. The second-order valence-electron chi connectivity index (χ2n) is 2.88. The summed E-state index contributed by atoms with van der Waals surface area (Å²) < 4.78 is 2.83. The molecule has 0 radical (unpaired) electrons. The number of aromatic amines is 1. The maximum atomic E-state index is 4.12. The van der Waals surface area contributed by atoms with E-state index in [2.05, 4.69) is 36.3 Å². The molecule has 0 aliphatic carbocycles. The molecule has 2 aromatic heterocycles. The molecule has 5 nitrogen and oxygen atoms in total. The third-order valence-electron chi connectivity index (χ3n) is 1.96. The van der Waals surface area contributed by atoms with Crippen LogP contribution in [0.5, 0.6) is 0 Å². The summed E-state index contributed by atoms with van der Waals surface area (Å²) in [5.41, 5.74) is 1.10. The number of nitrogens with zero attached hydrogens (tertiary/aromatic N) is 3. The summed E-state index contributed by atoms with van der Waals surface area (Å²) in [7, 11) is 1.91. The van der Waals surface area contributed by atoms with Crippen molar-refractivity contribution in [1.82, 2.24) is 19.7 Å². The molecule has 2 rings (SSSR count). The Balaban J connectivity index is 2.05. The van der Waals surface area contributed by atoms with Crippen molar-refractivity contribution in [2.75, 3.05) is 5.32 Å². The maximum Gasteiger partial charge on any atom is 0.123 e. The highest BCUT2D eigenvalue weighted by Crippen LogP contribution is 2.15. The molecule has 0 saturated heterocycles. The average Bonchev–Trinajstić information content (AvgIpc) is 2.76. The number of rotatable bonds is 3. The van der Waals surface area contributed by atoms with E-state index < -0.39 is 0 Å². The monoisotopic (exact) mass is 255 g/mol. The third-order valence-corrected chi connectivity index (χ3v) is 2.62. The van der Waals surface area contributed by atoms with E-state index >= 15 is 0 Å². The number of hydrogen-bond acceptors (Lipinski definition) is 3. The van der Waals surface area contributed by atoms with Crippen molar-refractivity contribution in [3.8, 4) is 0 Å². The lowest BCUT2D eigenvalue weighted by Gasteiger charge is -2.04. The van der Waals surface area contributed by atoms with Gasteiger partial charge in [-0.3, -0.25) is 4.68 Å². The summed E-state index contributed by atoms with van der Waals surface area (Å²) in [5, 5.41) is 7.32. The molecule has 2 N–H and O–H groups in total. The molecule has 0 fully saturated rings. The van der Waals surface area contributed by atoms with E-state index in [1.54, 1.807) is 18.7 Å². The van der Waals surface area contributed by atoms with Gasteiger partial charge in [0.25, 0.3) is 0 Å². The van der Waals surface area contributed by atoms with Crippen LogP contribution in [-0.4, -0.2) is 19.7 Å². The van der Waals surface area contributed by atoms with Gasteiger partial charge in [-0.05, 0) is 15.9 Å². The summed E-state index contributed by atoms with van der Waals surface area (Å²) in [4.78, 5) is 6.89. The quantitative estimate of drug-likeness (QED) is 0.875. The smallest absolute Gasteiger partial charge is 0.123 e. The first-order chi connectivity index (χ1) is 6.77. The van der Waals surface area contributed by atoms with Gasteiger partial charge in [-0.2, -0.15) is 5.10 Å². The summed E-state index contributed by atoms with van der Waals surface area (Å²) in [6.45, 7) is 0.708. The van der Waals surface area contributed by atoms with Crippen molar-refractivity contribution in [3.63, 3.8) is 0 Å². The maximum absolute atomic E-state index is 4.12. The average molecular weight is 256 g/mol. The standard InChI is InChI=1S/C8H10BrN5/c1-14-7(6(9)2-13-14)3-11-8-4-10-5-12-8/h2,4-5,11H,3H2,1H3,(H,10,12). The van der Waals surface area contributed by atoms with Gasteiger partial charge in [0.2, 0.25) is 0 Å². The summed E-state index contributed by atoms with van der Waals surface area (Å²) in [6, 6.07) is 0. The van der Waals surface area contributed by atoms with Gasteiger partial charge in [0.05, 0.1) is 35.4 Å². The van der Waals surface area contributed by atoms with Gasteiger partial charge in [-0.15, -0.1) is 0 Å². The molecule has 0 unspecified atom stereocenters. The molecule has 0 saturated carbocycles. The van der Waals surface area contributed by atoms with Crippen molar-refractivity contribution in [3.05, 3.63) is 28.9 Å². The number of anilines is 1. The minimum absolute atomic E-state index is 0.708. The van der Waals surface area contributed by atoms with Gasteiger partial charge in [-0.25, -0.2) is 4.98 Å². The van der Waals surface area contributed by atoms with Crippen LogP contribution in [0.15, 0.2) is 23.2 Å². The lowest BCUT2D eigenvalue weighted by Crippen LogP contribution is -2.06. The number of H-pyrrole nitrogens is 1. The first-order valence-electron chi connectivity index (χ1n) is 4.16. The summed E-state index contributed by atoms with van der Waals surface area (Å²) in [6.07, 6.45) is 5.16. The first kappa shape index (κ1) is 9.26. The zero-order valence-electron chi connectivity index (χ0n) is 7.66. The van der Waals surface area contributed by atoms with Gasteiger partial charge in [0.1, 0.15) is 5.82 Å². The van der Waals surface area contributed by atoms with Crippen molar-refractivity contribution in [2.45, 2.75) is 6.54 Å². The lowest BCUT2D eigenvalue weighted by molar-refractivity contribution is 0.719. The van der Waals surface area contributed by atoms with E-state index in [0.29, 0.717) is 6.54 Å². The fourth-order valence-corrected chi connectivity index (χ4v) is 1.65. The molecule has 74 valence electrons. The molecule has 14 heavy (non-hydrogen) atoms. The molecule has 0 amide bonds. The van der Waals surface area contributed by atoms with Crippen LogP contribution >= 0.6 is 15.9 Å². The lowest BCUT2D eigenvalue weighted by atomic mass is 10.4. The predicted octanol–water partition coefficient (Wildman–Crippen LogP) is 1.52. The van der Waals surface area contributed by atoms with Crippen molar-refractivity contribution >= 4 is 21.7 Å². The van der Waals surface area contributed by atoms with Gasteiger partial charge >= 0.3 is 0 Å². The highest BCUT2D eigenvalue weighted by molar-refractivity contribution is 9.10. The fraction of sp³-hybridized carbons (Fsp3) is 0.250. The number of imidazole rings is 1. The van der Waals surface area contributed by atoms with E-state index in [-0.39, 0.29) is 0 Å². The molecule has 2 heterocycles. The highest BCUT2D eigenvalue weighted by Gasteiger charge is 2.05. The SMILES string of the molecule is Cn1ncc(Br)c1CNc1cnc[nH]1. The number of hydrogen-bond donors (Lipinski definition) is 2. The van der Waals surface area contributed by atoms with Crippen LogP contribution < -0.4 is 5.32 Å². The zero-order chi connectivity index (χ0) is 9.97. The van der Waals surface area contributed by atoms with Crippen LogP contribution in [0.4, 0.5) is 5.82 Å². The second kappa shape index (κ2) is 3.83. The first-order valence-corrected chi connectivity index (χ1v) is 4.95. The molecule has 0 aliphatic heterocycles. The topological polar surface area (TPSA) is 58.5 Å². The Labute approximate surface area is 89.7 Å². The van der Waals surface area contributed by atoms with E-state index in [1.165, 1.54) is 0 Å². The van der Waals surface area contributed by atoms with Crippen molar-refractivity contribution in [1.29, 1.82) is 0 Å². The predicted molar refractivity (Wildman–Crippen MR) is 56.8 cm³/mol. The summed E-state index contributed by atoms with van der Waals surface area (Å²) >= 11 is 3.43. The van der Waals surface area contributed by atoms with E-state index in [4.69, 9.17) is 0 Å². The minimum Gasteiger partial charge on any atom is -0.365 e.